The molecule has 0 radical (unpaired) electrons. The molecule has 84 valence electrons. The average Bonchev–Trinajstić information content (AvgIpc) is 2.16. The van der Waals surface area contributed by atoms with Crippen LogP contribution in [-0.2, 0) is 6.42 Å². The second-order valence-electron chi connectivity index (χ2n) is 4.53. The summed E-state index contributed by atoms with van der Waals surface area (Å²) in [5.41, 5.74) is 7.10. The van der Waals surface area contributed by atoms with Gasteiger partial charge in [-0.2, -0.15) is 0 Å². The Labute approximate surface area is 92.4 Å². The van der Waals surface area contributed by atoms with E-state index in [1.165, 1.54) is 5.56 Å². The fraction of sp³-hybridized carbons (Fsp3) is 0.538. The maximum atomic E-state index is 5.97. The van der Waals surface area contributed by atoms with E-state index in [4.69, 9.17) is 10.5 Å². The smallest absolute Gasteiger partial charge is 0.122 e. The summed E-state index contributed by atoms with van der Waals surface area (Å²) in [7, 11) is 0. The number of ether oxygens (including phenoxy) is 1. The summed E-state index contributed by atoms with van der Waals surface area (Å²) < 4.78 is 5.56. The van der Waals surface area contributed by atoms with Crippen LogP contribution in [0.2, 0.25) is 0 Å². The predicted molar refractivity (Wildman–Crippen MR) is 64.2 cm³/mol. The highest BCUT2D eigenvalue weighted by atomic mass is 16.5. The lowest BCUT2D eigenvalue weighted by molar-refractivity contribution is 0.335. The molecule has 0 aliphatic rings. The van der Waals surface area contributed by atoms with E-state index in [2.05, 4.69) is 19.9 Å². The number of benzene rings is 1. The van der Waals surface area contributed by atoms with Gasteiger partial charge in [0.05, 0.1) is 6.61 Å². The van der Waals surface area contributed by atoms with Gasteiger partial charge in [-0.05, 0) is 45.2 Å². The minimum atomic E-state index is -0.112. The van der Waals surface area contributed by atoms with E-state index in [0.717, 1.165) is 18.6 Å². The quantitative estimate of drug-likeness (QED) is 0.805. The van der Waals surface area contributed by atoms with Crippen molar-refractivity contribution in [2.75, 3.05) is 6.61 Å². The zero-order chi connectivity index (χ0) is 11.3. The summed E-state index contributed by atoms with van der Waals surface area (Å²) in [6.45, 7) is 6.82. The molecule has 0 atom stereocenters. The Morgan fingerprint density at radius 1 is 1.27 bits per heavy atom. The first-order valence-corrected chi connectivity index (χ1v) is 5.52. The summed E-state index contributed by atoms with van der Waals surface area (Å²) in [4.78, 5) is 0. The first-order chi connectivity index (χ1) is 7.03. The summed E-state index contributed by atoms with van der Waals surface area (Å²) in [6.07, 6.45) is 1.94. The molecule has 0 aromatic heterocycles. The van der Waals surface area contributed by atoms with Crippen molar-refractivity contribution < 1.29 is 4.74 Å². The summed E-state index contributed by atoms with van der Waals surface area (Å²) in [5, 5.41) is 0. The highest BCUT2D eigenvalue weighted by molar-refractivity contribution is 5.33. The van der Waals surface area contributed by atoms with Gasteiger partial charge in [-0.25, -0.2) is 0 Å². The van der Waals surface area contributed by atoms with Crippen molar-refractivity contribution in [1.82, 2.24) is 0 Å². The molecule has 0 unspecified atom stereocenters. The monoisotopic (exact) mass is 207 g/mol. The molecule has 0 spiro atoms. The number of aryl methyl sites for hydroxylation is 1. The van der Waals surface area contributed by atoms with Crippen LogP contribution in [0.1, 0.15) is 32.8 Å². The molecular formula is C13H21NO. The van der Waals surface area contributed by atoms with Crippen LogP contribution in [0.5, 0.6) is 5.75 Å². The predicted octanol–water partition coefficient (Wildman–Crippen LogP) is 2.76. The van der Waals surface area contributed by atoms with E-state index in [0.29, 0.717) is 6.61 Å². The zero-order valence-electron chi connectivity index (χ0n) is 9.92. The topological polar surface area (TPSA) is 35.2 Å². The van der Waals surface area contributed by atoms with Gasteiger partial charge in [0.25, 0.3) is 0 Å². The van der Waals surface area contributed by atoms with Crippen molar-refractivity contribution >= 4 is 0 Å². The van der Waals surface area contributed by atoms with Crippen LogP contribution < -0.4 is 10.5 Å². The molecule has 0 amide bonds. The molecule has 0 heterocycles. The maximum absolute atomic E-state index is 5.97. The van der Waals surface area contributed by atoms with E-state index in [1.54, 1.807) is 0 Å². The van der Waals surface area contributed by atoms with Crippen molar-refractivity contribution in [2.24, 2.45) is 5.73 Å². The lowest BCUT2D eigenvalue weighted by Crippen LogP contribution is -2.32. The Morgan fingerprint density at radius 2 is 1.93 bits per heavy atom. The van der Waals surface area contributed by atoms with Gasteiger partial charge in [-0.1, -0.05) is 18.2 Å². The molecule has 2 nitrogen and oxygen atoms in total. The summed E-state index contributed by atoms with van der Waals surface area (Å²) in [6, 6.07) is 8.17. The van der Waals surface area contributed by atoms with Gasteiger partial charge in [-0.15, -0.1) is 0 Å². The Morgan fingerprint density at radius 3 is 2.53 bits per heavy atom. The van der Waals surface area contributed by atoms with Crippen molar-refractivity contribution in [3.05, 3.63) is 29.8 Å². The van der Waals surface area contributed by atoms with E-state index in [1.807, 2.05) is 25.1 Å². The molecule has 1 aromatic rings. The number of rotatable bonds is 5. The lowest BCUT2D eigenvalue weighted by Gasteiger charge is -2.19. The standard InChI is InChI=1S/C13H21NO/c1-4-15-12-8-6-5-7-11(12)9-10-13(2,3)14/h5-8H,4,9-10,14H2,1-3H3. The van der Waals surface area contributed by atoms with Crippen molar-refractivity contribution in [2.45, 2.75) is 39.2 Å². The number of hydrogen-bond donors (Lipinski definition) is 1. The Balaban J connectivity index is 2.67. The minimum absolute atomic E-state index is 0.112. The second kappa shape index (κ2) is 5.17. The third-order valence-electron chi connectivity index (χ3n) is 2.31. The molecule has 2 N–H and O–H groups in total. The molecule has 1 rings (SSSR count). The van der Waals surface area contributed by atoms with Crippen LogP contribution in [0.4, 0.5) is 0 Å². The molecular weight excluding hydrogens is 186 g/mol. The van der Waals surface area contributed by atoms with Crippen molar-refractivity contribution in [3.8, 4) is 5.75 Å². The molecule has 2 heteroatoms. The second-order valence-corrected chi connectivity index (χ2v) is 4.53. The van der Waals surface area contributed by atoms with Gasteiger partial charge in [0.1, 0.15) is 5.75 Å². The van der Waals surface area contributed by atoms with Crippen molar-refractivity contribution in [1.29, 1.82) is 0 Å². The van der Waals surface area contributed by atoms with Gasteiger partial charge in [0.15, 0.2) is 0 Å². The fourth-order valence-electron chi connectivity index (χ4n) is 1.46. The Hall–Kier alpha value is -1.02. The first kappa shape index (κ1) is 12.1. The van der Waals surface area contributed by atoms with Gasteiger partial charge >= 0.3 is 0 Å². The van der Waals surface area contributed by atoms with Crippen LogP contribution in [0.25, 0.3) is 0 Å². The molecule has 15 heavy (non-hydrogen) atoms. The molecule has 0 aliphatic carbocycles. The normalized spacial score (nSPS) is 11.5. The highest BCUT2D eigenvalue weighted by Gasteiger charge is 2.12. The molecule has 0 saturated heterocycles. The van der Waals surface area contributed by atoms with Crippen LogP contribution >= 0.6 is 0 Å². The molecule has 1 aromatic carbocycles. The van der Waals surface area contributed by atoms with E-state index >= 15 is 0 Å². The van der Waals surface area contributed by atoms with Crippen molar-refractivity contribution in [3.63, 3.8) is 0 Å². The fourth-order valence-corrected chi connectivity index (χ4v) is 1.46. The average molecular weight is 207 g/mol. The van der Waals surface area contributed by atoms with E-state index in [-0.39, 0.29) is 5.54 Å². The Kier molecular flexibility index (Phi) is 4.15. The lowest BCUT2D eigenvalue weighted by atomic mass is 9.96. The van der Waals surface area contributed by atoms with Crippen LogP contribution in [0.15, 0.2) is 24.3 Å². The third-order valence-corrected chi connectivity index (χ3v) is 2.31. The van der Waals surface area contributed by atoms with Gasteiger partial charge in [0.2, 0.25) is 0 Å². The summed E-state index contributed by atoms with van der Waals surface area (Å²) >= 11 is 0. The van der Waals surface area contributed by atoms with Gasteiger partial charge < -0.3 is 10.5 Å². The number of nitrogens with two attached hydrogens (primary N) is 1. The van der Waals surface area contributed by atoms with E-state index < -0.39 is 0 Å². The van der Waals surface area contributed by atoms with Gasteiger partial charge in [-0.3, -0.25) is 0 Å². The third kappa shape index (κ3) is 4.34. The number of para-hydroxylation sites is 1. The minimum Gasteiger partial charge on any atom is -0.494 e. The van der Waals surface area contributed by atoms with E-state index in [9.17, 15) is 0 Å². The Bertz CT molecular complexity index is 302. The highest BCUT2D eigenvalue weighted by Crippen LogP contribution is 2.21. The molecule has 0 fully saturated rings. The SMILES string of the molecule is CCOc1ccccc1CCC(C)(C)N. The van der Waals surface area contributed by atoms with Crippen LogP contribution in [0.3, 0.4) is 0 Å². The largest absolute Gasteiger partial charge is 0.494 e. The van der Waals surface area contributed by atoms with Gasteiger partial charge in [0, 0.05) is 5.54 Å². The number of hydrogen-bond acceptors (Lipinski definition) is 2. The molecule has 0 aliphatic heterocycles. The molecule has 0 saturated carbocycles. The zero-order valence-corrected chi connectivity index (χ0v) is 9.92. The molecule has 0 bridgehead atoms. The first-order valence-electron chi connectivity index (χ1n) is 5.52. The maximum Gasteiger partial charge on any atom is 0.122 e. The summed E-state index contributed by atoms with van der Waals surface area (Å²) in [5.74, 6) is 0.990. The van der Waals surface area contributed by atoms with Crippen LogP contribution in [0, 0.1) is 0 Å². The van der Waals surface area contributed by atoms with Crippen LogP contribution in [-0.4, -0.2) is 12.1 Å².